The standard InChI is InChI=1S/C25H32N8OS2/c1-16(2)15-32-10-12-33(13-11-32)23-28-22(29-24-26-14-17(3)35-24)30-25(31-23)36-20-8-6-19(7-9-20)27-21(34)18-4-5-18/h6-9,14,16,18H,4-5,10-13,15H2,1-3H3,(H,27,34)(H,26,28,29,30,31). The number of hydrogen-bond donors (Lipinski definition) is 2. The van der Waals surface area contributed by atoms with Gasteiger partial charge in [-0.3, -0.25) is 15.0 Å². The highest BCUT2D eigenvalue weighted by Gasteiger charge is 2.29. The lowest BCUT2D eigenvalue weighted by Gasteiger charge is -2.35. The van der Waals surface area contributed by atoms with Gasteiger partial charge in [0.1, 0.15) is 0 Å². The van der Waals surface area contributed by atoms with Crippen LogP contribution in [0.15, 0.2) is 40.5 Å². The average Bonchev–Trinajstić information content (AvgIpc) is 3.63. The lowest BCUT2D eigenvalue weighted by molar-refractivity contribution is -0.117. The SMILES string of the molecule is Cc1cnc(Nc2nc(Sc3ccc(NC(=O)C4CC4)cc3)nc(N3CCN(CC(C)C)CC3)n2)s1. The summed E-state index contributed by atoms with van der Waals surface area (Å²) in [6.45, 7) is 11.4. The number of carbonyl (C=O) groups is 1. The Morgan fingerprint density at radius 3 is 2.50 bits per heavy atom. The maximum Gasteiger partial charge on any atom is 0.234 e. The van der Waals surface area contributed by atoms with E-state index in [-0.39, 0.29) is 11.8 Å². The molecule has 1 aliphatic heterocycles. The molecule has 0 unspecified atom stereocenters. The van der Waals surface area contributed by atoms with Crippen molar-refractivity contribution >= 4 is 51.7 Å². The second-order valence-corrected chi connectivity index (χ2v) is 12.0. The largest absolute Gasteiger partial charge is 0.338 e. The van der Waals surface area contributed by atoms with Crippen molar-refractivity contribution < 1.29 is 4.79 Å². The van der Waals surface area contributed by atoms with E-state index in [4.69, 9.17) is 9.97 Å². The molecule has 0 atom stereocenters. The number of nitrogens with zero attached hydrogens (tertiary/aromatic N) is 6. The molecule has 1 amide bonds. The Balaban J connectivity index is 1.32. The molecule has 5 rings (SSSR count). The smallest absolute Gasteiger partial charge is 0.234 e. The Kier molecular flexibility index (Phi) is 7.68. The summed E-state index contributed by atoms with van der Waals surface area (Å²) in [6.07, 6.45) is 3.82. The van der Waals surface area contributed by atoms with E-state index in [0.29, 0.717) is 23.0 Å². The summed E-state index contributed by atoms with van der Waals surface area (Å²) in [6, 6.07) is 7.82. The quantitative estimate of drug-likeness (QED) is 0.414. The number of piperazine rings is 1. The van der Waals surface area contributed by atoms with Crippen LogP contribution in [0, 0.1) is 18.8 Å². The summed E-state index contributed by atoms with van der Waals surface area (Å²) >= 11 is 3.05. The Morgan fingerprint density at radius 2 is 1.86 bits per heavy atom. The Hall–Kier alpha value is -2.76. The van der Waals surface area contributed by atoms with Crippen molar-refractivity contribution in [2.24, 2.45) is 11.8 Å². The van der Waals surface area contributed by atoms with Gasteiger partial charge in [0.05, 0.1) is 0 Å². The number of hydrogen-bond acceptors (Lipinski definition) is 10. The number of nitrogens with one attached hydrogen (secondary N) is 2. The van der Waals surface area contributed by atoms with Crippen LogP contribution < -0.4 is 15.5 Å². The lowest BCUT2D eigenvalue weighted by Crippen LogP contribution is -2.48. The van der Waals surface area contributed by atoms with E-state index in [2.05, 4.69) is 44.2 Å². The number of rotatable bonds is 9. The molecule has 0 radical (unpaired) electrons. The van der Waals surface area contributed by atoms with Crippen molar-refractivity contribution in [3.05, 3.63) is 35.3 Å². The van der Waals surface area contributed by atoms with E-state index in [9.17, 15) is 4.79 Å². The van der Waals surface area contributed by atoms with Crippen LogP contribution in [0.3, 0.4) is 0 Å². The van der Waals surface area contributed by atoms with Crippen LogP contribution in [-0.4, -0.2) is 63.5 Å². The maximum absolute atomic E-state index is 12.0. The number of aryl methyl sites for hydroxylation is 1. The fourth-order valence-electron chi connectivity index (χ4n) is 4.05. The van der Waals surface area contributed by atoms with Crippen molar-refractivity contribution in [1.29, 1.82) is 0 Å². The highest BCUT2D eigenvalue weighted by Crippen LogP contribution is 2.32. The number of carbonyl (C=O) groups excluding carboxylic acids is 1. The van der Waals surface area contributed by atoms with Crippen molar-refractivity contribution in [1.82, 2.24) is 24.8 Å². The minimum atomic E-state index is 0.110. The van der Waals surface area contributed by atoms with E-state index >= 15 is 0 Å². The van der Waals surface area contributed by atoms with E-state index in [0.717, 1.165) is 66.2 Å². The molecule has 1 saturated heterocycles. The van der Waals surface area contributed by atoms with Gasteiger partial charge in [0.15, 0.2) is 10.3 Å². The molecule has 190 valence electrons. The first-order valence-electron chi connectivity index (χ1n) is 12.4. The third-order valence-corrected chi connectivity index (χ3v) is 7.70. The minimum Gasteiger partial charge on any atom is -0.338 e. The summed E-state index contributed by atoms with van der Waals surface area (Å²) in [7, 11) is 0. The van der Waals surface area contributed by atoms with Gasteiger partial charge >= 0.3 is 0 Å². The molecule has 1 aliphatic carbocycles. The molecule has 1 saturated carbocycles. The van der Waals surface area contributed by atoms with Gasteiger partial charge in [-0.05, 0) is 61.7 Å². The molecular formula is C25H32N8OS2. The highest BCUT2D eigenvalue weighted by molar-refractivity contribution is 7.99. The number of thiazole rings is 1. The number of aromatic nitrogens is 4. The van der Waals surface area contributed by atoms with Gasteiger partial charge in [-0.2, -0.15) is 15.0 Å². The Bertz CT molecular complexity index is 1190. The normalized spacial score (nSPS) is 16.4. The van der Waals surface area contributed by atoms with Gasteiger partial charge in [-0.25, -0.2) is 4.98 Å². The molecule has 2 aromatic heterocycles. The molecule has 2 fully saturated rings. The van der Waals surface area contributed by atoms with E-state index in [1.54, 1.807) is 11.3 Å². The van der Waals surface area contributed by atoms with Crippen molar-refractivity contribution in [3.63, 3.8) is 0 Å². The molecule has 2 N–H and O–H groups in total. The summed E-state index contributed by atoms with van der Waals surface area (Å²) in [5.74, 6) is 2.12. The van der Waals surface area contributed by atoms with Crippen LogP contribution in [0.5, 0.6) is 0 Å². The van der Waals surface area contributed by atoms with Crippen LogP contribution in [0.1, 0.15) is 31.6 Å². The molecule has 3 heterocycles. The lowest BCUT2D eigenvalue weighted by atomic mass is 10.2. The summed E-state index contributed by atoms with van der Waals surface area (Å²) in [4.78, 5) is 37.5. The first-order valence-corrected chi connectivity index (χ1v) is 14.1. The third kappa shape index (κ3) is 6.71. The first-order chi connectivity index (χ1) is 17.4. The first kappa shape index (κ1) is 24.9. The van der Waals surface area contributed by atoms with Crippen LogP contribution in [0.4, 0.5) is 22.7 Å². The monoisotopic (exact) mass is 524 g/mol. The predicted octanol–water partition coefficient (Wildman–Crippen LogP) is 4.66. The van der Waals surface area contributed by atoms with E-state index in [1.807, 2.05) is 37.4 Å². The summed E-state index contributed by atoms with van der Waals surface area (Å²) < 4.78 is 0. The van der Waals surface area contributed by atoms with Gasteiger partial charge in [0.25, 0.3) is 0 Å². The summed E-state index contributed by atoms with van der Waals surface area (Å²) in [5, 5.41) is 7.63. The van der Waals surface area contributed by atoms with Crippen molar-refractivity contribution in [2.45, 2.75) is 43.7 Å². The van der Waals surface area contributed by atoms with Crippen molar-refractivity contribution in [3.8, 4) is 0 Å². The molecule has 2 aliphatic rings. The zero-order valence-electron chi connectivity index (χ0n) is 20.9. The van der Waals surface area contributed by atoms with Crippen molar-refractivity contribution in [2.75, 3.05) is 48.3 Å². The highest BCUT2D eigenvalue weighted by atomic mass is 32.2. The number of amides is 1. The van der Waals surface area contributed by atoms with Gasteiger partial charge in [-0.1, -0.05) is 13.8 Å². The number of anilines is 4. The molecular weight excluding hydrogens is 492 g/mol. The summed E-state index contributed by atoms with van der Waals surface area (Å²) in [5.41, 5.74) is 0.813. The second-order valence-electron chi connectivity index (χ2n) is 9.71. The zero-order chi connectivity index (χ0) is 25.1. The Morgan fingerprint density at radius 1 is 1.11 bits per heavy atom. The van der Waals surface area contributed by atoms with Crippen LogP contribution in [-0.2, 0) is 4.79 Å². The van der Waals surface area contributed by atoms with E-state index < -0.39 is 0 Å². The van der Waals surface area contributed by atoms with Gasteiger partial charge in [0, 0.05) is 60.3 Å². The zero-order valence-corrected chi connectivity index (χ0v) is 22.5. The number of benzene rings is 1. The fraction of sp³-hybridized carbons (Fsp3) is 0.480. The maximum atomic E-state index is 12.0. The van der Waals surface area contributed by atoms with Gasteiger partial charge < -0.3 is 10.2 Å². The minimum absolute atomic E-state index is 0.110. The second kappa shape index (κ2) is 11.1. The topological polar surface area (TPSA) is 99.2 Å². The van der Waals surface area contributed by atoms with Crippen LogP contribution in [0.25, 0.3) is 0 Å². The van der Waals surface area contributed by atoms with Gasteiger partial charge in [0.2, 0.25) is 17.8 Å². The Labute approximate surface area is 220 Å². The fourth-order valence-corrected chi connectivity index (χ4v) is 5.45. The average molecular weight is 525 g/mol. The predicted molar refractivity (Wildman–Crippen MR) is 145 cm³/mol. The molecule has 0 spiro atoms. The molecule has 36 heavy (non-hydrogen) atoms. The molecule has 1 aromatic carbocycles. The van der Waals surface area contributed by atoms with Crippen LogP contribution >= 0.6 is 23.1 Å². The van der Waals surface area contributed by atoms with Crippen LogP contribution in [0.2, 0.25) is 0 Å². The molecule has 0 bridgehead atoms. The molecule has 3 aromatic rings. The van der Waals surface area contributed by atoms with Gasteiger partial charge in [-0.15, -0.1) is 11.3 Å². The van der Waals surface area contributed by atoms with E-state index in [1.165, 1.54) is 11.8 Å². The molecule has 9 nitrogen and oxygen atoms in total. The molecule has 11 heteroatoms. The third-order valence-electron chi connectivity index (χ3n) is 6.00.